The number of ether oxygens (including phenoxy) is 1. The van der Waals surface area contributed by atoms with Crippen LogP contribution in [0, 0.1) is 12.8 Å². The fourth-order valence-electron chi connectivity index (χ4n) is 5.64. The zero-order valence-electron chi connectivity index (χ0n) is 23.6. The molecule has 5 rings (SSSR count). The van der Waals surface area contributed by atoms with Crippen LogP contribution in [0.4, 0.5) is 5.13 Å². The van der Waals surface area contributed by atoms with Crippen molar-refractivity contribution in [3.63, 3.8) is 0 Å². The number of amides is 2. The van der Waals surface area contributed by atoms with Gasteiger partial charge in [-0.2, -0.15) is 0 Å². The van der Waals surface area contributed by atoms with E-state index in [0.717, 1.165) is 64.8 Å². The summed E-state index contributed by atoms with van der Waals surface area (Å²) in [7, 11) is 1.66. The van der Waals surface area contributed by atoms with Crippen LogP contribution in [-0.2, 0) is 21.5 Å². The second kappa shape index (κ2) is 11.3. The lowest BCUT2D eigenvalue weighted by Crippen LogP contribution is -2.44. The van der Waals surface area contributed by atoms with Crippen molar-refractivity contribution in [2.45, 2.75) is 45.6 Å². The first-order valence-corrected chi connectivity index (χ1v) is 14.6. The zero-order chi connectivity index (χ0) is 28.4. The summed E-state index contributed by atoms with van der Waals surface area (Å²) in [4.78, 5) is 33.7. The number of nitrogens with zero attached hydrogens (tertiary/aromatic N) is 3. The highest BCUT2D eigenvalue weighted by Gasteiger charge is 2.44. The molecule has 3 aromatic rings. The molecule has 3 N–H and O–H groups in total. The largest absolute Gasteiger partial charge is 0.497 e. The summed E-state index contributed by atoms with van der Waals surface area (Å²) in [6.07, 6.45) is 3.63. The van der Waals surface area contributed by atoms with Gasteiger partial charge in [0.15, 0.2) is 5.13 Å². The van der Waals surface area contributed by atoms with Crippen molar-refractivity contribution < 1.29 is 14.3 Å². The molecular formula is C31H37N5O3S. The molecule has 2 aliphatic heterocycles. The molecule has 9 heteroatoms. The lowest BCUT2D eigenvalue weighted by atomic mass is 9.81. The Morgan fingerprint density at radius 2 is 2.00 bits per heavy atom. The van der Waals surface area contributed by atoms with Crippen molar-refractivity contribution in [3.05, 3.63) is 76.6 Å². The fraction of sp³-hybridized carbons (Fsp3) is 0.387. The smallest absolute Gasteiger partial charge is 0.242 e. The third-order valence-corrected chi connectivity index (χ3v) is 9.00. The molecule has 1 unspecified atom stereocenters. The SMILES string of the molecule is COc1ccc(CNc2nc(C)cs2)c(-c2cccc(C3(C)C=C(N)N(CC4CCN(C(C)=O)CC4)C3=O)c2)c1. The Balaban J connectivity index is 1.38. The van der Waals surface area contributed by atoms with E-state index in [1.165, 1.54) is 0 Å². The first-order valence-electron chi connectivity index (χ1n) is 13.7. The van der Waals surface area contributed by atoms with Gasteiger partial charge in [-0.1, -0.05) is 24.3 Å². The van der Waals surface area contributed by atoms with Gasteiger partial charge >= 0.3 is 0 Å². The van der Waals surface area contributed by atoms with Crippen LogP contribution in [0.1, 0.15) is 43.5 Å². The molecule has 0 bridgehead atoms. The van der Waals surface area contributed by atoms with Crippen molar-refractivity contribution in [2.24, 2.45) is 11.7 Å². The molecule has 210 valence electrons. The van der Waals surface area contributed by atoms with Crippen LogP contribution in [0.3, 0.4) is 0 Å². The maximum Gasteiger partial charge on any atom is 0.242 e. The Bertz CT molecular complexity index is 1440. The topological polar surface area (TPSA) is 101 Å². The van der Waals surface area contributed by atoms with Gasteiger partial charge in [0.2, 0.25) is 11.8 Å². The minimum absolute atomic E-state index is 0.0113. The van der Waals surface area contributed by atoms with Crippen LogP contribution in [0.2, 0.25) is 0 Å². The summed E-state index contributed by atoms with van der Waals surface area (Å²) >= 11 is 1.59. The summed E-state index contributed by atoms with van der Waals surface area (Å²) in [5.74, 6) is 1.67. The molecular weight excluding hydrogens is 522 g/mol. The zero-order valence-corrected chi connectivity index (χ0v) is 24.4. The summed E-state index contributed by atoms with van der Waals surface area (Å²) in [5.41, 5.74) is 10.6. The fourth-order valence-corrected chi connectivity index (χ4v) is 6.33. The Hall–Kier alpha value is -3.85. The number of aryl methyl sites for hydroxylation is 1. The second-order valence-electron chi connectivity index (χ2n) is 10.9. The third kappa shape index (κ3) is 5.56. The standard InChI is InChI=1S/C31H37N5O3S/c1-20-19-40-30(34-20)33-17-24-8-9-26(39-4)15-27(24)23-6-5-7-25(14-23)31(3)16-28(32)36(29(31)38)18-22-10-12-35(13-11-22)21(2)37/h5-9,14-16,19,22H,10-13,17-18,32H2,1-4H3,(H,33,34). The maximum atomic E-state index is 13.9. The number of carbonyl (C=O) groups excluding carboxylic acids is 2. The molecule has 2 amide bonds. The van der Waals surface area contributed by atoms with E-state index in [1.54, 1.807) is 30.3 Å². The first-order chi connectivity index (χ1) is 19.2. The summed E-state index contributed by atoms with van der Waals surface area (Å²) < 4.78 is 5.55. The molecule has 3 heterocycles. The van der Waals surface area contributed by atoms with Crippen LogP contribution in [0.5, 0.6) is 5.75 Å². The molecule has 0 aliphatic carbocycles. The van der Waals surface area contributed by atoms with Crippen molar-refractivity contribution in [2.75, 3.05) is 32.1 Å². The molecule has 1 atom stereocenters. The molecule has 8 nitrogen and oxygen atoms in total. The summed E-state index contributed by atoms with van der Waals surface area (Å²) in [6.45, 7) is 8.17. The van der Waals surface area contributed by atoms with Crippen molar-refractivity contribution in [3.8, 4) is 16.9 Å². The minimum atomic E-state index is -0.865. The van der Waals surface area contributed by atoms with E-state index in [0.29, 0.717) is 24.8 Å². The van der Waals surface area contributed by atoms with Gasteiger partial charge in [0.05, 0.1) is 18.2 Å². The molecule has 0 radical (unpaired) electrons. The number of hydrogen-bond donors (Lipinski definition) is 2. The van der Waals surface area contributed by atoms with E-state index < -0.39 is 5.41 Å². The van der Waals surface area contributed by atoms with E-state index in [1.807, 2.05) is 54.5 Å². The Kier molecular flexibility index (Phi) is 7.85. The van der Waals surface area contributed by atoms with E-state index in [2.05, 4.69) is 28.5 Å². The van der Waals surface area contributed by atoms with E-state index in [9.17, 15) is 9.59 Å². The van der Waals surface area contributed by atoms with Gasteiger partial charge in [0.1, 0.15) is 11.6 Å². The number of hydrogen-bond acceptors (Lipinski definition) is 7. The van der Waals surface area contributed by atoms with Crippen molar-refractivity contribution in [1.82, 2.24) is 14.8 Å². The lowest BCUT2D eigenvalue weighted by Gasteiger charge is -2.34. The van der Waals surface area contributed by atoms with Gasteiger partial charge in [-0.15, -0.1) is 11.3 Å². The number of methoxy groups -OCH3 is 1. The number of thiazole rings is 1. The van der Waals surface area contributed by atoms with Crippen molar-refractivity contribution >= 4 is 28.3 Å². The Labute approximate surface area is 239 Å². The minimum Gasteiger partial charge on any atom is -0.497 e. The number of anilines is 1. The predicted molar refractivity (Wildman–Crippen MR) is 159 cm³/mol. The first kappa shape index (κ1) is 27.7. The second-order valence-corrected chi connectivity index (χ2v) is 11.7. The highest BCUT2D eigenvalue weighted by Crippen LogP contribution is 2.38. The van der Waals surface area contributed by atoms with E-state index in [-0.39, 0.29) is 11.8 Å². The number of piperidine rings is 1. The number of likely N-dealkylation sites (tertiary alicyclic amines) is 1. The van der Waals surface area contributed by atoms with Gasteiger partial charge in [-0.3, -0.25) is 14.5 Å². The highest BCUT2D eigenvalue weighted by atomic mass is 32.1. The summed E-state index contributed by atoms with van der Waals surface area (Å²) in [5, 5.41) is 6.34. The van der Waals surface area contributed by atoms with Gasteiger partial charge in [0, 0.05) is 38.5 Å². The molecule has 40 heavy (non-hydrogen) atoms. The number of rotatable bonds is 8. The van der Waals surface area contributed by atoms with Gasteiger partial charge in [-0.05, 0) is 79.1 Å². The van der Waals surface area contributed by atoms with Crippen LogP contribution in [-0.4, -0.2) is 53.3 Å². The van der Waals surface area contributed by atoms with Crippen LogP contribution < -0.4 is 15.8 Å². The molecule has 2 aliphatic rings. The number of carbonyl (C=O) groups is 2. The average molecular weight is 560 g/mol. The lowest BCUT2D eigenvalue weighted by molar-refractivity contribution is -0.133. The molecule has 1 saturated heterocycles. The number of nitrogens with two attached hydrogens (primary N) is 1. The normalized spacial score (nSPS) is 19.6. The van der Waals surface area contributed by atoms with Gasteiger partial charge < -0.3 is 20.7 Å². The molecule has 1 aromatic heterocycles. The van der Waals surface area contributed by atoms with Crippen LogP contribution in [0.15, 0.2) is 59.7 Å². The molecule has 1 fully saturated rings. The van der Waals surface area contributed by atoms with E-state index >= 15 is 0 Å². The molecule has 0 saturated carbocycles. The molecule has 0 spiro atoms. The number of benzene rings is 2. The van der Waals surface area contributed by atoms with E-state index in [4.69, 9.17) is 10.5 Å². The van der Waals surface area contributed by atoms with Gasteiger partial charge in [0.25, 0.3) is 0 Å². The number of aromatic nitrogens is 1. The quantitative estimate of drug-likeness (QED) is 0.407. The third-order valence-electron chi connectivity index (χ3n) is 8.08. The number of nitrogens with one attached hydrogen (secondary N) is 1. The highest BCUT2D eigenvalue weighted by molar-refractivity contribution is 7.13. The van der Waals surface area contributed by atoms with Crippen LogP contribution in [0.25, 0.3) is 11.1 Å². The predicted octanol–water partition coefficient (Wildman–Crippen LogP) is 4.90. The molecule has 2 aromatic carbocycles. The summed E-state index contributed by atoms with van der Waals surface area (Å²) in [6, 6.07) is 14.2. The average Bonchev–Trinajstić information content (AvgIpc) is 3.47. The Morgan fingerprint density at radius 1 is 1.23 bits per heavy atom. The van der Waals surface area contributed by atoms with Crippen molar-refractivity contribution in [1.29, 1.82) is 0 Å². The monoisotopic (exact) mass is 559 g/mol. The maximum absolute atomic E-state index is 13.9. The van der Waals surface area contributed by atoms with Gasteiger partial charge in [-0.25, -0.2) is 4.98 Å². The van der Waals surface area contributed by atoms with Crippen LogP contribution >= 0.6 is 11.3 Å². The Morgan fingerprint density at radius 3 is 2.67 bits per heavy atom.